The van der Waals surface area contributed by atoms with Gasteiger partial charge in [-0.1, -0.05) is 0 Å². The van der Waals surface area contributed by atoms with Crippen molar-refractivity contribution in [2.24, 2.45) is 4.99 Å². The third kappa shape index (κ3) is 5.56. The lowest BCUT2D eigenvalue weighted by molar-refractivity contribution is 0.395. The summed E-state index contributed by atoms with van der Waals surface area (Å²) in [5.41, 5.74) is 0. The van der Waals surface area contributed by atoms with Crippen molar-refractivity contribution in [1.29, 1.82) is 0 Å². The molecule has 10 heavy (non-hydrogen) atoms. The Bertz CT molecular complexity index is 110. The third-order valence-corrected chi connectivity index (χ3v) is 1.10. The van der Waals surface area contributed by atoms with Crippen LogP contribution in [0.4, 0.5) is 0 Å². The van der Waals surface area contributed by atoms with Gasteiger partial charge in [-0.05, 0) is 13.8 Å². The van der Waals surface area contributed by atoms with Gasteiger partial charge in [-0.15, -0.1) is 0 Å². The minimum absolute atomic E-state index is 0.480. The molecular formula is C7H16N2O. The highest BCUT2D eigenvalue weighted by Crippen LogP contribution is 1.79. The molecule has 0 aromatic heterocycles. The number of nitrogens with zero attached hydrogens (tertiary/aromatic N) is 1. The molecule has 0 aliphatic rings. The smallest absolute Gasteiger partial charge is 0.180 e. The van der Waals surface area contributed by atoms with Crippen molar-refractivity contribution in [3.63, 3.8) is 0 Å². The van der Waals surface area contributed by atoms with Crippen LogP contribution in [0.25, 0.3) is 0 Å². The van der Waals surface area contributed by atoms with Crippen LogP contribution in [0.2, 0.25) is 0 Å². The average Bonchev–Trinajstić information content (AvgIpc) is 1.87. The van der Waals surface area contributed by atoms with E-state index in [2.05, 4.69) is 24.2 Å². The van der Waals surface area contributed by atoms with Gasteiger partial charge in [0.25, 0.3) is 0 Å². The van der Waals surface area contributed by atoms with Crippen molar-refractivity contribution < 1.29 is 4.74 Å². The van der Waals surface area contributed by atoms with E-state index in [0.717, 1.165) is 0 Å². The van der Waals surface area contributed by atoms with E-state index in [-0.39, 0.29) is 0 Å². The molecule has 0 aliphatic heterocycles. The molecule has 0 saturated carbocycles. The molecule has 1 N–H and O–H groups in total. The van der Waals surface area contributed by atoms with Gasteiger partial charge in [-0.3, -0.25) is 5.32 Å². The molecule has 0 aromatic rings. The highest BCUT2D eigenvalue weighted by molar-refractivity contribution is 5.72. The van der Waals surface area contributed by atoms with Crippen LogP contribution in [0, 0.1) is 0 Å². The maximum absolute atomic E-state index is 4.84. The van der Waals surface area contributed by atoms with E-state index in [1.165, 1.54) is 0 Å². The number of rotatable bonds is 3. The molecule has 0 atom stereocenters. The lowest BCUT2D eigenvalue weighted by Gasteiger charge is -2.04. The fraction of sp³-hybridized carbons (Fsp3) is 0.857. The largest absolute Gasteiger partial charge is 0.484 e. The quantitative estimate of drug-likeness (QED) is 0.473. The van der Waals surface area contributed by atoms with Crippen LogP contribution in [0.15, 0.2) is 4.99 Å². The molecule has 0 bridgehead atoms. The normalized spacial score (nSPS) is 12.3. The van der Waals surface area contributed by atoms with Gasteiger partial charge in [0.1, 0.15) is 0 Å². The molecule has 0 aromatic carbocycles. The van der Waals surface area contributed by atoms with E-state index in [4.69, 9.17) is 4.74 Å². The molecule has 0 aliphatic carbocycles. The molecular weight excluding hydrogens is 128 g/mol. The predicted molar refractivity (Wildman–Crippen MR) is 43.3 cm³/mol. The van der Waals surface area contributed by atoms with Gasteiger partial charge >= 0.3 is 0 Å². The molecule has 0 spiro atoms. The molecule has 0 unspecified atom stereocenters. The van der Waals surface area contributed by atoms with Crippen LogP contribution in [-0.4, -0.2) is 25.7 Å². The zero-order chi connectivity index (χ0) is 7.98. The predicted octanol–water partition coefficient (Wildman–Crippen LogP) is 1.01. The van der Waals surface area contributed by atoms with E-state index < -0.39 is 0 Å². The first-order valence-corrected chi connectivity index (χ1v) is 3.45. The molecule has 60 valence electrons. The second kappa shape index (κ2) is 5.23. The third-order valence-electron chi connectivity index (χ3n) is 1.10. The summed E-state index contributed by atoms with van der Waals surface area (Å²) in [7, 11) is 1.62. The minimum Gasteiger partial charge on any atom is -0.484 e. The summed E-state index contributed by atoms with van der Waals surface area (Å²) in [6.07, 6.45) is 0. The SMILES string of the molecule is CO/C(C)=N/CNC(C)C. The molecule has 0 fully saturated rings. The molecule has 3 heteroatoms. The van der Waals surface area contributed by atoms with E-state index >= 15 is 0 Å². The number of hydrogen-bond donors (Lipinski definition) is 1. The first-order valence-electron chi connectivity index (χ1n) is 3.45. The van der Waals surface area contributed by atoms with Crippen molar-refractivity contribution in [2.45, 2.75) is 26.8 Å². The van der Waals surface area contributed by atoms with Gasteiger partial charge in [0.2, 0.25) is 0 Å². The fourth-order valence-electron chi connectivity index (χ4n) is 0.404. The molecule has 0 saturated heterocycles. The standard InChI is InChI=1S/C7H16N2O/c1-6(2)8-5-9-7(3)10-4/h6,8H,5H2,1-4H3/b9-7+. The summed E-state index contributed by atoms with van der Waals surface area (Å²) in [5.74, 6) is 0.716. The molecule has 0 amide bonds. The van der Waals surface area contributed by atoms with Crippen molar-refractivity contribution >= 4 is 5.90 Å². The summed E-state index contributed by atoms with van der Waals surface area (Å²) in [5, 5.41) is 3.14. The Hall–Kier alpha value is -0.570. The van der Waals surface area contributed by atoms with Crippen molar-refractivity contribution in [2.75, 3.05) is 13.8 Å². The Labute approximate surface area is 62.5 Å². The zero-order valence-corrected chi connectivity index (χ0v) is 7.14. The first kappa shape index (κ1) is 9.43. The van der Waals surface area contributed by atoms with Crippen LogP contribution >= 0.6 is 0 Å². The highest BCUT2D eigenvalue weighted by atomic mass is 16.5. The summed E-state index contributed by atoms with van der Waals surface area (Å²) in [6, 6.07) is 0.480. The van der Waals surface area contributed by atoms with Crippen LogP contribution in [0.1, 0.15) is 20.8 Å². The van der Waals surface area contributed by atoms with Crippen LogP contribution < -0.4 is 5.32 Å². The summed E-state index contributed by atoms with van der Waals surface area (Å²) >= 11 is 0. The molecule has 0 radical (unpaired) electrons. The van der Waals surface area contributed by atoms with Gasteiger partial charge < -0.3 is 4.74 Å². The number of nitrogens with one attached hydrogen (secondary N) is 1. The number of ether oxygens (including phenoxy) is 1. The highest BCUT2D eigenvalue weighted by Gasteiger charge is 1.88. The summed E-state index contributed by atoms with van der Waals surface area (Å²) in [6.45, 7) is 6.63. The molecule has 0 rings (SSSR count). The zero-order valence-electron chi connectivity index (χ0n) is 7.14. The number of aliphatic imine (C=N–C) groups is 1. The Balaban J connectivity index is 3.34. The topological polar surface area (TPSA) is 33.6 Å². The van der Waals surface area contributed by atoms with Crippen molar-refractivity contribution in [1.82, 2.24) is 5.32 Å². The van der Waals surface area contributed by atoms with E-state index in [1.807, 2.05) is 6.92 Å². The maximum atomic E-state index is 4.84. The second-order valence-electron chi connectivity index (χ2n) is 2.40. The molecule has 3 nitrogen and oxygen atoms in total. The monoisotopic (exact) mass is 144 g/mol. The number of hydrogen-bond acceptors (Lipinski definition) is 3. The van der Waals surface area contributed by atoms with Gasteiger partial charge in [0.15, 0.2) is 5.90 Å². The van der Waals surface area contributed by atoms with Gasteiger partial charge in [-0.2, -0.15) is 0 Å². The Kier molecular flexibility index (Phi) is 4.94. The van der Waals surface area contributed by atoms with E-state index in [1.54, 1.807) is 7.11 Å². The lowest BCUT2D eigenvalue weighted by atomic mass is 10.4. The van der Waals surface area contributed by atoms with Gasteiger partial charge in [0, 0.05) is 13.0 Å². The van der Waals surface area contributed by atoms with Crippen LogP contribution in [0.5, 0.6) is 0 Å². The summed E-state index contributed by atoms with van der Waals surface area (Å²) < 4.78 is 4.84. The Morgan fingerprint density at radius 3 is 2.60 bits per heavy atom. The molecule has 0 heterocycles. The van der Waals surface area contributed by atoms with E-state index in [9.17, 15) is 0 Å². The Morgan fingerprint density at radius 2 is 2.20 bits per heavy atom. The van der Waals surface area contributed by atoms with Crippen LogP contribution in [0.3, 0.4) is 0 Å². The minimum atomic E-state index is 0.480. The maximum Gasteiger partial charge on any atom is 0.180 e. The Morgan fingerprint density at radius 1 is 1.60 bits per heavy atom. The first-order chi connectivity index (χ1) is 4.66. The second-order valence-corrected chi connectivity index (χ2v) is 2.40. The van der Waals surface area contributed by atoms with E-state index in [0.29, 0.717) is 18.6 Å². The lowest BCUT2D eigenvalue weighted by Crippen LogP contribution is -2.23. The fourth-order valence-corrected chi connectivity index (χ4v) is 0.404. The van der Waals surface area contributed by atoms with Gasteiger partial charge in [0.05, 0.1) is 13.8 Å². The average molecular weight is 144 g/mol. The number of methoxy groups -OCH3 is 1. The van der Waals surface area contributed by atoms with Crippen molar-refractivity contribution in [3.8, 4) is 0 Å². The van der Waals surface area contributed by atoms with Crippen molar-refractivity contribution in [3.05, 3.63) is 0 Å². The van der Waals surface area contributed by atoms with Gasteiger partial charge in [-0.25, -0.2) is 4.99 Å². The van der Waals surface area contributed by atoms with Crippen LogP contribution in [-0.2, 0) is 4.74 Å². The summed E-state index contributed by atoms with van der Waals surface area (Å²) in [4.78, 5) is 4.07.